The number of rotatable bonds is 3. The van der Waals surface area contributed by atoms with Gasteiger partial charge < -0.3 is 10.0 Å². The molecule has 0 aliphatic heterocycles. The summed E-state index contributed by atoms with van der Waals surface area (Å²) in [7, 11) is 4.32. The molecule has 2 aliphatic carbocycles. The minimum atomic E-state index is 0.382. The van der Waals surface area contributed by atoms with Gasteiger partial charge in [0, 0.05) is 6.54 Å². The van der Waals surface area contributed by atoms with E-state index in [9.17, 15) is 5.11 Å². The van der Waals surface area contributed by atoms with Crippen LogP contribution in [0.2, 0.25) is 0 Å². The predicted molar refractivity (Wildman–Crippen MR) is 83.7 cm³/mol. The molecule has 2 heteroatoms. The maximum absolute atomic E-state index is 9.85. The lowest BCUT2D eigenvalue weighted by Crippen LogP contribution is -2.29. The first-order valence-corrected chi connectivity index (χ1v) is 7.71. The van der Waals surface area contributed by atoms with Crippen molar-refractivity contribution in [1.82, 2.24) is 4.90 Å². The Balaban J connectivity index is 2.02. The Morgan fingerprint density at radius 3 is 2.80 bits per heavy atom. The average Bonchev–Trinajstić information content (AvgIpc) is 2.79. The summed E-state index contributed by atoms with van der Waals surface area (Å²) in [6.45, 7) is 3.26. The molecule has 0 spiro atoms. The summed E-state index contributed by atoms with van der Waals surface area (Å²) < 4.78 is 0. The van der Waals surface area contributed by atoms with E-state index in [2.05, 4.69) is 32.0 Å². The quantitative estimate of drug-likeness (QED) is 0.906. The molecule has 0 amide bonds. The zero-order chi connectivity index (χ0) is 14.3. The maximum atomic E-state index is 9.85. The zero-order valence-corrected chi connectivity index (χ0v) is 12.8. The highest BCUT2D eigenvalue weighted by Crippen LogP contribution is 2.48. The fraction of sp³-hybridized carbons (Fsp3) is 0.556. The van der Waals surface area contributed by atoms with Crippen LogP contribution in [-0.4, -0.2) is 30.6 Å². The van der Waals surface area contributed by atoms with Crippen LogP contribution in [0.3, 0.4) is 0 Å². The van der Waals surface area contributed by atoms with E-state index in [1.165, 1.54) is 36.0 Å². The molecule has 1 saturated carbocycles. The van der Waals surface area contributed by atoms with Gasteiger partial charge in [0.15, 0.2) is 0 Å². The molecule has 108 valence electrons. The van der Waals surface area contributed by atoms with Gasteiger partial charge in [-0.25, -0.2) is 0 Å². The number of hydrogen-bond donors (Lipinski definition) is 1. The van der Waals surface area contributed by atoms with Gasteiger partial charge in [-0.1, -0.05) is 12.1 Å². The molecule has 1 N–H and O–H groups in total. The van der Waals surface area contributed by atoms with Crippen molar-refractivity contribution in [3.63, 3.8) is 0 Å². The second-order valence-corrected chi connectivity index (χ2v) is 6.82. The lowest BCUT2D eigenvalue weighted by molar-refractivity contribution is 0.289. The Hall–Kier alpha value is -1.28. The standard InChI is InChI=1S/C18H25NO/c1-12-4-7-15(20)10-16(12)17-9-13-5-6-14(8-13)18(17)11-19(2)3/h4,7,9-10,13-14,18,20H,5-6,8,11H2,1-3H3/t13-,14+,18-/m0/s1. The molecule has 0 heterocycles. The maximum Gasteiger partial charge on any atom is 0.116 e. The van der Waals surface area contributed by atoms with Crippen LogP contribution in [0.25, 0.3) is 5.57 Å². The summed E-state index contributed by atoms with van der Waals surface area (Å²) in [5.74, 6) is 2.58. The van der Waals surface area contributed by atoms with Gasteiger partial charge in [-0.2, -0.15) is 0 Å². The molecule has 3 atom stereocenters. The molecule has 2 nitrogen and oxygen atoms in total. The molecule has 1 fully saturated rings. The van der Waals surface area contributed by atoms with Crippen LogP contribution in [0.15, 0.2) is 24.3 Å². The third-order valence-corrected chi connectivity index (χ3v) is 4.99. The second kappa shape index (κ2) is 5.25. The van der Waals surface area contributed by atoms with Gasteiger partial charge in [-0.15, -0.1) is 0 Å². The van der Waals surface area contributed by atoms with Crippen molar-refractivity contribution in [2.75, 3.05) is 20.6 Å². The van der Waals surface area contributed by atoms with E-state index in [0.29, 0.717) is 11.7 Å². The molecule has 0 aromatic heterocycles. The first-order chi connectivity index (χ1) is 9.54. The fourth-order valence-corrected chi connectivity index (χ4v) is 4.05. The van der Waals surface area contributed by atoms with E-state index in [0.717, 1.165) is 18.4 Å². The minimum absolute atomic E-state index is 0.382. The van der Waals surface area contributed by atoms with E-state index in [1.807, 2.05) is 12.1 Å². The molecule has 2 aliphatic rings. The summed E-state index contributed by atoms with van der Waals surface area (Å²) in [4.78, 5) is 2.30. The number of aromatic hydroxyl groups is 1. The van der Waals surface area contributed by atoms with Crippen molar-refractivity contribution in [2.24, 2.45) is 17.8 Å². The van der Waals surface area contributed by atoms with Crippen LogP contribution >= 0.6 is 0 Å². The topological polar surface area (TPSA) is 23.5 Å². The molecular formula is C18H25NO. The van der Waals surface area contributed by atoms with Crippen LogP contribution in [0.4, 0.5) is 0 Å². The molecule has 0 saturated heterocycles. The van der Waals surface area contributed by atoms with Gasteiger partial charge in [-0.05, 0) is 86.9 Å². The van der Waals surface area contributed by atoms with Crippen molar-refractivity contribution < 1.29 is 5.11 Å². The molecule has 0 unspecified atom stereocenters. The molecule has 2 bridgehead atoms. The zero-order valence-electron chi connectivity index (χ0n) is 12.8. The van der Waals surface area contributed by atoms with E-state index < -0.39 is 0 Å². The normalized spacial score (nSPS) is 28.8. The van der Waals surface area contributed by atoms with Crippen molar-refractivity contribution in [3.8, 4) is 5.75 Å². The molecule has 20 heavy (non-hydrogen) atoms. The van der Waals surface area contributed by atoms with E-state index in [4.69, 9.17) is 0 Å². The third kappa shape index (κ3) is 2.49. The Kier molecular flexibility index (Phi) is 3.59. The van der Waals surface area contributed by atoms with E-state index in [-0.39, 0.29) is 0 Å². The number of nitrogens with zero attached hydrogens (tertiary/aromatic N) is 1. The van der Waals surface area contributed by atoms with Crippen LogP contribution in [0.5, 0.6) is 5.75 Å². The summed E-state index contributed by atoms with van der Waals surface area (Å²) in [5, 5.41) is 9.85. The van der Waals surface area contributed by atoms with Gasteiger partial charge in [0.05, 0.1) is 0 Å². The van der Waals surface area contributed by atoms with Crippen molar-refractivity contribution in [3.05, 3.63) is 35.4 Å². The van der Waals surface area contributed by atoms with Gasteiger partial charge in [0.25, 0.3) is 0 Å². The van der Waals surface area contributed by atoms with E-state index >= 15 is 0 Å². The molecule has 3 rings (SSSR count). The lowest BCUT2D eigenvalue weighted by Gasteiger charge is -2.33. The van der Waals surface area contributed by atoms with E-state index in [1.54, 1.807) is 6.07 Å². The number of aryl methyl sites for hydroxylation is 1. The SMILES string of the molecule is Cc1ccc(O)cc1C1=C[C@H]2CC[C@H](C2)[C@@H]1CN(C)C. The van der Waals surface area contributed by atoms with Gasteiger partial charge in [0.2, 0.25) is 0 Å². The van der Waals surface area contributed by atoms with Crippen molar-refractivity contribution >= 4 is 5.57 Å². The average molecular weight is 271 g/mol. The summed E-state index contributed by atoms with van der Waals surface area (Å²) in [6.07, 6.45) is 6.57. The highest BCUT2D eigenvalue weighted by atomic mass is 16.3. The predicted octanol–water partition coefficient (Wildman–Crippen LogP) is 3.69. The van der Waals surface area contributed by atoms with Crippen molar-refractivity contribution in [1.29, 1.82) is 0 Å². The fourth-order valence-electron chi connectivity index (χ4n) is 4.05. The highest BCUT2D eigenvalue weighted by Gasteiger charge is 2.37. The number of phenols is 1. The Labute approximate surface area is 122 Å². The van der Waals surface area contributed by atoms with Crippen LogP contribution in [0.1, 0.15) is 30.4 Å². The Morgan fingerprint density at radius 1 is 1.25 bits per heavy atom. The molecular weight excluding hydrogens is 246 g/mol. The highest BCUT2D eigenvalue weighted by molar-refractivity contribution is 5.72. The number of phenolic OH excluding ortho intramolecular Hbond substituents is 1. The summed E-state index contributed by atoms with van der Waals surface area (Å²) in [6, 6.07) is 5.78. The van der Waals surface area contributed by atoms with Gasteiger partial charge in [-0.3, -0.25) is 0 Å². The molecule has 1 aromatic carbocycles. The number of fused-ring (bicyclic) bond motifs is 2. The minimum Gasteiger partial charge on any atom is -0.508 e. The van der Waals surface area contributed by atoms with Crippen LogP contribution < -0.4 is 0 Å². The number of benzene rings is 1. The summed E-state index contributed by atoms with van der Waals surface area (Å²) >= 11 is 0. The Morgan fingerprint density at radius 2 is 2.05 bits per heavy atom. The third-order valence-electron chi connectivity index (χ3n) is 4.99. The summed E-state index contributed by atoms with van der Waals surface area (Å²) in [5.41, 5.74) is 4.01. The van der Waals surface area contributed by atoms with Crippen molar-refractivity contribution in [2.45, 2.75) is 26.2 Å². The monoisotopic (exact) mass is 271 g/mol. The lowest BCUT2D eigenvalue weighted by atomic mass is 9.75. The van der Waals surface area contributed by atoms with Crippen LogP contribution in [-0.2, 0) is 0 Å². The number of hydrogen-bond acceptors (Lipinski definition) is 2. The largest absolute Gasteiger partial charge is 0.508 e. The molecule has 0 radical (unpaired) electrons. The molecule has 1 aromatic rings. The van der Waals surface area contributed by atoms with Gasteiger partial charge >= 0.3 is 0 Å². The first-order valence-electron chi connectivity index (χ1n) is 7.71. The van der Waals surface area contributed by atoms with Crippen LogP contribution in [0, 0.1) is 24.7 Å². The Bertz CT molecular complexity index is 532. The number of allylic oxidation sites excluding steroid dienone is 1. The smallest absolute Gasteiger partial charge is 0.116 e. The second-order valence-electron chi connectivity index (χ2n) is 6.82. The van der Waals surface area contributed by atoms with Gasteiger partial charge in [0.1, 0.15) is 5.75 Å². The first kappa shape index (κ1) is 13.7.